The fraction of sp³-hybridized carbons (Fsp3) is 0.227. The van der Waals surface area contributed by atoms with Crippen LogP contribution in [0.15, 0.2) is 53.7 Å². The number of fused-ring (bicyclic) bond motifs is 1. The first kappa shape index (κ1) is 18.6. The van der Waals surface area contributed by atoms with Crippen molar-refractivity contribution in [3.63, 3.8) is 0 Å². The van der Waals surface area contributed by atoms with E-state index in [0.717, 1.165) is 41.2 Å². The molecule has 0 radical (unpaired) electrons. The molecule has 2 aromatic carbocycles. The predicted octanol–water partition coefficient (Wildman–Crippen LogP) is 4.15. The van der Waals surface area contributed by atoms with Gasteiger partial charge in [-0.3, -0.25) is 9.59 Å². The maximum atomic E-state index is 12.6. The number of carbonyl (C=O) groups excluding carboxylic acids is 2. The number of benzene rings is 2. The smallest absolute Gasteiger partial charge is 0.297 e. The highest BCUT2D eigenvalue weighted by Crippen LogP contribution is 2.31. The van der Waals surface area contributed by atoms with Crippen LogP contribution in [0.4, 0.5) is 5.69 Å². The zero-order valence-electron chi connectivity index (χ0n) is 15.5. The number of aliphatic imine (C=N–C) groups is 1. The Bertz CT molecular complexity index is 916. The minimum absolute atomic E-state index is 0.220. The Kier molecular flexibility index (Phi) is 5.81. The number of carbonyl (C=O) groups is 2. The molecule has 0 spiro atoms. The second-order valence-corrected chi connectivity index (χ2v) is 6.45. The Morgan fingerprint density at radius 3 is 2.85 bits per heavy atom. The normalized spacial score (nSPS) is 14.6. The molecule has 138 valence electrons. The Balaban J connectivity index is 1.90. The van der Waals surface area contributed by atoms with Crippen LogP contribution in [-0.2, 0) is 16.0 Å². The molecule has 0 aromatic heterocycles. The van der Waals surface area contributed by atoms with Crippen LogP contribution in [-0.4, -0.2) is 24.8 Å². The second-order valence-electron chi connectivity index (χ2n) is 6.45. The first-order valence-corrected chi connectivity index (χ1v) is 8.97. The molecule has 1 heterocycles. The van der Waals surface area contributed by atoms with Crippen LogP contribution < -0.4 is 4.90 Å². The van der Waals surface area contributed by atoms with E-state index in [2.05, 4.69) is 21.6 Å². The largest absolute Gasteiger partial charge is 0.437 e. The number of anilines is 1. The average Bonchev–Trinajstić information content (AvgIpc) is 2.99. The van der Waals surface area contributed by atoms with Crippen LogP contribution in [0.5, 0.6) is 0 Å². The minimum atomic E-state index is -0.220. The molecule has 0 atom stereocenters. The summed E-state index contributed by atoms with van der Waals surface area (Å²) in [6.45, 7) is 5.22. The molecular formula is C22H22N2O3. The lowest BCUT2D eigenvalue weighted by Gasteiger charge is -2.19. The SMILES string of the molecule is CCCN1C(=NC(=O)c2cccc(C)c2)Cc2ccc(/C=C/OC=O)cc21. The number of amides is 1. The summed E-state index contributed by atoms with van der Waals surface area (Å²) in [5, 5.41) is 0. The maximum Gasteiger partial charge on any atom is 0.297 e. The van der Waals surface area contributed by atoms with Crippen molar-refractivity contribution in [2.75, 3.05) is 11.4 Å². The lowest BCUT2D eigenvalue weighted by atomic mass is 10.1. The highest BCUT2D eigenvalue weighted by molar-refractivity contribution is 6.12. The van der Waals surface area contributed by atoms with Crippen LogP contribution in [0, 0.1) is 6.92 Å². The first-order valence-electron chi connectivity index (χ1n) is 8.97. The zero-order valence-corrected chi connectivity index (χ0v) is 15.5. The summed E-state index contributed by atoms with van der Waals surface area (Å²) in [5.41, 5.74) is 4.73. The molecular weight excluding hydrogens is 340 g/mol. The number of hydrogen-bond acceptors (Lipinski definition) is 3. The van der Waals surface area contributed by atoms with Gasteiger partial charge in [-0.2, -0.15) is 4.99 Å². The standard InChI is InChI=1S/C22H22N2O3/c1-3-10-24-20-13-17(9-11-27-15-25)7-8-18(20)14-21(24)23-22(26)19-6-4-5-16(2)12-19/h4-9,11-13,15H,3,10,14H2,1-2H3/b11-9+,23-21?. The van der Waals surface area contributed by atoms with E-state index in [4.69, 9.17) is 0 Å². The first-order chi connectivity index (χ1) is 13.1. The van der Waals surface area contributed by atoms with E-state index in [9.17, 15) is 9.59 Å². The number of ether oxygens (including phenoxy) is 1. The minimum Gasteiger partial charge on any atom is -0.437 e. The van der Waals surface area contributed by atoms with Crippen molar-refractivity contribution < 1.29 is 14.3 Å². The van der Waals surface area contributed by atoms with E-state index >= 15 is 0 Å². The van der Waals surface area contributed by atoms with Crippen molar-refractivity contribution >= 4 is 30.0 Å². The van der Waals surface area contributed by atoms with Crippen LogP contribution >= 0.6 is 0 Å². The molecule has 0 fully saturated rings. The molecule has 0 unspecified atom stereocenters. The third-order valence-electron chi connectivity index (χ3n) is 4.40. The molecule has 5 nitrogen and oxygen atoms in total. The molecule has 5 heteroatoms. The lowest BCUT2D eigenvalue weighted by Crippen LogP contribution is -2.28. The van der Waals surface area contributed by atoms with Crippen molar-refractivity contribution in [1.29, 1.82) is 0 Å². The fourth-order valence-corrected chi connectivity index (χ4v) is 3.17. The predicted molar refractivity (Wildman–Crippen MR) is 107 cm³/mol. The van der Waals surface area contributed by atoms with Gasteiger partial charge in [0, 0.05) is 24.2 Å². The van der Waals surface area contributed by atoms with Gasteiger partial charge in [-0.1, -0.05) is 36.8 Å². The van der Waals surface area contributed by atoms with E-state index in [0.29, 0.717) is 18.5 Å². The van der Waals surface area contributed by atoms with Gasteiger partial charge in [0.25, 0.3) is 12.4 Å². The summed E-state index contributed by atoms with van der Waals surface area (Å²) < 4.78 is 4.62. The van der Waals surface area contributed by atoms with Crippen molar-refractivity contribution in [3.8, 4) is 0 Å². The molecule has 1 amide bonds. The molecule has 3 rings (SSSR count). The Morgan fingerprint density at radius 2 is 2.11 bits per heavy atom. The van der Waals surface area contributed by atoms with Gasteiger partial charge in [-0.25, -0.2) is 0 Å². The summed E-state index contributed by atoms with van der Waals surface area (Å²) >= 11 is 0. The topological polar surface area (TPSA) is 59.0 Å². The third-order valence-corrected chi connectivity index (χ3v) is 4.40. The van der Waals surface area contributed by atoms with Gasteiger partial charge in [0.05, 0.1) is 6.26 Å². The number of amidine groups is 1. The van der Waals surface area contributed by atoms with Crippen molar-refractivity contribution in [2.45, 2.75) is 26.7 Å². The van der Waals surface area contributed by atoms with Crippen molar-refractivity contribution in [2.24, 2.45) is 4.99 Å². The van der Waals surface area contributed by atoms with Crippen LogP contribution in [0.25, 0.3) is 6.08 Å². The van der Waals surface area contributed by atoms with Crippen LogP contribution in [0.2, 0.25) is 0 Å². The Hall–Kier alpha value is -3.21. The molecule has 0 aliphatic carbocycles. The number of hydrogen-bond donors (Lipinski definition) is 0. The van der Waals surface area contributed by atoms with E-state index < -0.39 is 0 Å². The van der Waals surface area contributed by atoms with Gasteiger partial charge in [0.2, 0.25) is 0 Å². The van der Waals surface area contributed by atoms with Crippen molar-refractivity contribution in [1.82, 2.24) is 0 Å². The zero-order chi connectivity index (χ0) is 19.2. The van der Waals surface area contributed by atoms with Crippen LogP contribution in [0.1, 0.15) is 40.4 Å². The summed E-state index contributed by atoms with van der Waals surface area (Å²) in [6, 6.07) is 13.5. The van der Waals surface area contributed by atoms with Gasteiger partial charge in [-0.05, 0) is 48.7 Å². The average molecular weight is 362 g/mol. The third kappa shape index (κ3) is 4.31. The fourth-order valence-electron chi connectivity index (χ4n) is 3.17. The lowest BCUT2D eigenvalue weighted by molar-refractivity contribution is -0.123. The van der Waals surface area contributed by atoms with E-state index in [1.165, 1.54) is 6.26 Å². The molecule has 1 aliphatic rings. The van der Waals surface area contributed by atoms with Gasteiger partial charge in [0.15, 0.2) is 0 Å². The molecule has 27 heavy (non-hydrogen) atoms. The van der Waals surface area contributed by atoms with Gasteiger partial charge < -0.3 is 9.64 Å². The Morgan fingerprint density at radius 1 is 1.26 bits per heavy atom. The molecule has 0 saturated carbocycles. The molecule has 0 saturated heterocycles. The highest BCUT2D eigenvalue weighted by atomic mass is 16.5. The van der Waals surface area contributed by atoms with E-state index in [1.54, 1.807) is 12.1 Å². The van der Waals surface area contributed by atoms with E-state index in [-0.39, 0.29) is 5.91 Å². The Labute approximate surface area is 159 Å². The molecule has 2 aromatic rings. The molecule has 0 N–H and O–H groups in total. The van der Waals surface area contributed by atoms with E-state index in [1.807, 2.05) is 43.3 Å². The van der Waals surface area contributed by atoms with Crippen LogP contribution in [0.3, 0.4) is 0 Å². The summed E-state index contributed by atoms with van der Waals surface area (Å²) in [7, 11) is 0. The monoisotopic (exact) mass is 362 g/mol. The maximum absolute atomic E-state index is 12.6. The van der Waals surface area contributed by atoms with Gasteiger partial charge in [-0.15, -0.1) is 0 Å². The molecule has 1 aliphatic heterocycles. The summed E-state index contributed by atoms with van der Waals surface area (Å²) in [5.74, 6) is 0.547. The quantitative estimate of drug-likeness (QED) is 0.572. The van der Waals surface area contributed by atoms with Gasteiger partial charge in [0.1, 0.15) is 5.84 Å². The number of nitrogens with zero attached hydrogens (tertiary/aromatic N) is 2. The van der Waals surface area contributed by atoms with Gasteiger partial charge >= 0.3 is 0 Å². The summed E-state index contributed by atoms with van der Waals surface area (Å²) in [4.78, 5) is 29.4. The molecule has 0 bridgehead atoms. The number of aryl methyl sites for hydroxylation is 1. The number of rotatable bonds is 6. The highest BCUT2D eigenvalue weighted by Gasteiger charge is 2.26. The van der Waals surface area contributed by atoms with Crippen molar-refractivity contribution in [3.05, 3.63) is 71.0 Å². The second kappa shape index (κ2) is 8.45. The summed E-state index contributed by atoms with van der Waals surface area (Å²) in [6.07, 6.45) is 4.64.